The highest BCUT2D eigenvalue weighted by Crippen LogP contribution is 2.32. The Labute approximate surface area is 81.9 Å². The molecule has 1 rings (SSSR count). The van der Waals surface area contributed by atoms with Gasteiger partial charge in [0.1, 0.15) is 6.33 Å². The summed E-state index contributed by atoms with van der Waals surface area (Å²) in [4.78, 5) is 10.7. The lowest BCUT2D eigenvalue weighted by Gasteiger charge is -2.28. The van der Waals surface area contributed by atoms with Gasteiger partial charge in [0.15, 0.2) is 0 Å². The van der Waals surface area contributed by atoms with E-state index in [-0.39, 0.29) is 17.9 Å². The third-order valence-corrected chi connectivity index (χ3v) is 2.05. The standard InChI is InChI=1S/C8H14N4O2/c1-8(2,3)6(4-7(13)14)12-5-9-10-11-12/h5-6H,4H2,1-3H3,(H,13,14). The minimum atomic E-state index is -0.847. The summed E-state index contributed by atoms with van der Waals surface area (Å²) in [6, 6.07) is -0.227. The van der Waals surface area contributed by atoms with E-state index in [1.54, 1.807) is 0 Å². The van der Waals surface area contributed by atoms with E-state index in [0.717, 1.165) is 0 Å². The van der Waals surface area contributed by atoms with Crippen LogP contribution < -0.4 is 0 Å². The van der Waals surface area contributed by atoms with Crippen molar-refractivity contribution in [2.75, 3.05) is 0 Å². The molecule has 0 amide bonds. The predicted octanol–water partition coefficient (Wildman–Crippen LogP) is 0.735. The number of hydrogen-bond acceptors (Lipinski definition) is 4. The van der Waals surface area contributed by atoms with Crippen LogP contribution in [0.3, 0.4) is 0 Å². The van der Waals surface area contributed by atoms with Crippen LogP contribution in [-0.2, 0) is 4.79 Å². The van der Waals surface area contributed by atoms with Crippen LogP contribution in [0.15, 0.2) is 6.33 Å². The highest BCUT2D eigenvalue weighted by molar-refractivity contribution is 5.67. The van der Waals surface area contributed by atoms with Gasteiger partial charge in [0, 0.05) is 0 Å². The number of rotatable bonds is 3. The summed E-state index contributed by atoms with van der Waals surface area (Å²) in [5.41, 5.74) is -0.187. The van der Waals surface area contributed by atoms with E-state index in [0.29, 0.717) is 0 Å². The molecule has 0 aliphatic rings. The molecule has 0 saturated carbocycles. The number of aliphatic carboxylic acids is 1. The van der Waals surface area contributed by atoms with E-state index in [4.69, 9.17) is 5.11 Å². The predicted molar refractivity (Wildman–Crippen MR) is 48.6 cm³/mol. The molecule has 6 nitrogen and oxygen atoms in total. The van der Waals surface area contributed by atoms with Crippen molar-refractivity contribution in [1.82, 2.24) is 20.2 Å². The van der Waals surface area contributed by atoms with Crippen molar-refractivity contribution >= 4 is 5.97 Å². The molecule has 1 aromatic heterocycles. The average molecular weight is 198 g/mol. The van der Waals surface area contributed by atoms with Gasteiger partial charge in [-0.3, -0.25) is 4.79 Å². The van der Waals surface area contributed by atoms with Crippen molar-refractivity contribution in [3.8, 4) is 0 Å². The van der Waals surface area contributed by atoms with E-state index in [9.17, 15) is 4.79 Å². The molecular weight excluding hydrogens is 184 g/mol. The van der Waals surface area contributed by atoms with Gasteiger partial charge in [0.2, 0.25) is 0 Å². The Balaban J connectivity index is 2.89. The van der Waals surface area contributed by atoms with Crippen LogP contribution in [0.25, 0.3) is 0 Å². The molecule has 1 heterocycles. The molecule has 0 radical (unpaired) electrons. The minimum Gasteiger partial charge on any atom is -0.481 e. The molecule has 1 unspecified atom stereocenters. The number of carbonyl (C=O) groups is 1. The Morgan fingerprint density at radius 2 is 2.21 bits per heavy atom. The number of carboxylic acids is 1. The molecule has 78 valence electrons. The third kappa shape index (κ3) is 2.51. The third-order valence-electron chi connectivity index (χ3n) is 2.05. The molecule has 0 spiro atoms. The van der Waals surface area contributed by atoms with Gasteiger partial charge in [-0.2, -0.15) is 0 Å². The van der Waals surface area contributed by atoms with Crippen molar-refractivity contribution in [3.05, 3.63) is 6.33 Å². The van der Waals surface area contributed by atoms with Crippen molar-refractivity contribution in [1.29, 1.82) is 0 Å². The van der Waals surface area contributed by atoms with Crippen LogP contribution in [0.5, 0.6) is 0 Å². The Morgan fingerprint density at radius 3 is 2.57 bits per heavy atom. The highest BCUT2D eigenvalue weighted by Gasteiger charge is 2.29. The largest absolute Gasteiger partial charge is 0.481 e. The summed E-state index contributed by atoms with van der Waals surface area (Å²) in [6.45, 7) is 5.88. The zero-order valence-corrected chi connectivity index (χ0v) is 8.51. The fourth-order valence-electron chi connectivity index (χ4n) is 1.27. The fraction of sp³-hybridized carbons (Fsp3) is 0.750. The second-order valence-corrected chi connectivity index (χ2v) is 4.27. The maximum absolute atomic E-state index is 10.7. The van der Waals surface area contributed by atoms with E-state index in [1.165, 1.54) is 11.0 Å². The van der Waals surface area contributed by atoms with Crippen LogP contribution in [0.4, 0.5) is 0 Å². The summed E-state index contributed by atoms with van der Waals surface area (Å²) in [5.74, 6) is -0.847. The molecule has 0 saturated heterocycles. The molecule has 0 aliphatic carbocycles. The first-order valence-electron chi connectivity index (χ1n) is 4.35. The highest BCUT2D eigenvalue weighted by atomic mass is 16.4. The Bertz CT molecular complexity index is 302. The Hall–Kier alpha value is -1.46. The SMILES string of the molecule is CC(C)(C)C(CC(=O)O)n1cnnn1. The first kappa shape index (κ1) is 10.6. The number of nitrogens with zero attached hydrogens (tertiary/aromatic N) is 4. The van der Waals surface area contributed by atoms with Crippen LogP contribution >= 0.6 is 0 Å². The number of tetrazole rings is 1. The van der Waals surface area contributed by atoms with Crippen LogP contribution in [0.1, 0.15) is 33.2 Å². The molecule has 14 heavy (non-hydrogen) atoms. The lowest BCUT2D eigenvalue weighted by molar-refractivity contribution is -0.138. The van der Waals surface area contributed by atoms with Gasteiger partial charge in [-0.15, -0.1) is 5.10 Å². The molecule has 1 atom stereocenters. The smallest absolute Gasteiger partial charge is 0.305 e. The monoisotopic (exact) mass is 198 g/mol. The van der Waals surface area contributed by atoms with Gasteiger partial charge in [-0.1, -0.05) is 20.8 Å². The summed E-state index contributed by atoms with van der Waals surface area (Å²) in [7, 11) is 0. The van der Waals surface area contributed by atoms with Gasteiger partial charge >= 0.3 is 5.97 Å². The fourth-order valence-corrected chi connectivity index (χ4v) is 1.27. The lowest BCUT2D eigenvalue weighted by atomic mass is 9.85. The quantitative estimate of drug-likeness (QED) is 0.774. The van der Waals surface area contributed by atoms with Gasteiger partial charge < -0.3 is 5.11 Å². The number of aromatic nitrogens is 4. The zero-order valence-electron chi connectivity index (χ0n) is 8.51. The van der Waals surface area contributed by atoms with E-state index in [1.807, 2.05) is 20.8 Å². The first-order valence-corrected chi connectivity index (χ1v) is 4.35. The Morgan fingerprint density at radius 1 is 1.57 bits per heavy atom. The van der Waals surface area contributed by atoms with E-state index >= 15 is 0 Å². The molecule has 0 fully saturated rings. The first-order chi connectivity index (χ1) is 6.41. The van der Waals surface area contributed by atoms with E-state index in [2.05, 4.69) is 15.5 Å². The normalized spacial score (nSPS) is 13.9. The minimum absolute atomic E-state index is 0.0224. The zero-order chi connectivity index (χ0) is 10.8. The lowest BCUT2D eigenvalue weighted by Crippen LogP contribution is -2.27. The van der Waals surface area contributed by atoms with Crippen molar-refractivity contribution in [2.24, 2.45) is 5.41 Å². The maximum atomic E-state index is 10.7. The van der Waals surface area contributed by atoms with Crippen LogP contribution in [-0.4, -0.2) is 31.3 Å². The molecule has 0 aromatic carbocycles. The topological polar surface area (TPSA) is 80.9 Å². The molecule has 0 aliphatic heterocycles. The van der Waals surface area contributed by atoms with Gasteiger partial charge in [0.05, 0.1) is 12.5 Å². The number of carboxylic acid groups (broad SMARTS) is 1. The van der Waals surface area contributed by atoms with E-state index < -0.39 is 5.97 Å². The average Bonchev–Trinajstić information content (AvgIpc) is 2.49. The van der Waals surface area contributed by atoms with Crippen molar-refractivity contribution in [2.45, 2.75) is 33.2 Å². The summed E-state index contributed by atoms with van der Waals surface area (Å²) in [5, 5.41) is 19.5. The summed E-state index contributed by atoms with van der Waals surface area (Å²) < 4.78 is 1.49. The van der Waals surface area contributed by atoms with Crippen LogP contribution in [0, 0.1) is 5.41 Å². The molecular formula is C8H14N4O2. The molecule has 1 N–H and O–H groups in total. The summed E-state index contributed by atoms with van der Waals surface area (Å²) in [6.07, 6.45) is 1.47. The van der Waals surface area contributed by atoms with Gasteiger partial charge in [-0.25, -0.2) is 4.68 Å². The Kier molecular flexibility index (Phi) is 2.83. The van der Waals surface area contributed by atoms with Gasteiger partial charge in [-0.05, 0) is 15.8 Å². The van der Waals surface area contributed by atoms with Crippen molar-refractivity contribution < 1.29 is 9.90 Å². The second kappa shape index (κ2) is 3.73. The molecule has 0 bridgehead atoms. The molecule has 1 aromatic rings. The number of hydrogen-bond donors (Lipinski definition) is 1. The summed E-state index contributed by atoms with van der Waals surface area (Å²) >= 11 is 0. The van der Waals surface area contributed by atoms with Crippen molar-refractivity contribution in [3.63, 3.8) is 0 Å². The van der Waals surface area contributed by atoms with Crippen LogP contribution in [0.2, 0.25) is 0 Å². The molecule has 6 heteroatoms. The second-order valence-electron chi connectivity index (χ2n) is 4.27. The van der Waals surface area contributed by atoms with Gasteiger partial charge in [0.25, 0.3) is 0 Å². The maximum Gasteiger partial charge on any atom is 0.305 e.